The van der Waals surface area contributed by atoms with Crippen molar-refractivity contribution in [2.75, 3.05) is 23.7 Å². The third-order valence-corrected chi connectivity index (χ3v) is 7.94. The van der Waals surface area contributed by atoms with Crippen molar-refractivity contribution in [2.45, 2.75) is 79.3 Å². The molecule has 0 aromatic heterocycles. The van der Waals surface area contributed by atoms with Crippen molar-refractivity contribution in [3.8, 4) is 0 Å². The number of hydrogen-bond acceptors (Lipinski definition) is 4. The Morgan fingerprint density at radius 1 is 0.946 bits per heavy atom. The fourth-order valence-corrected chi connectivity index (χ4v) is 5.24. The highest BCUT2D eigenvalue weighted by Gasteiger charge is 2.29. The summed E-state index contributed by atoms with van der Waals surface area (Å²) in [6, 6.07) is 12.8. The van der Waals surface area contributed by atoms with Crippen molar-refractivity contribution in [1.82, 2.24) is 10.2 Å². The van der Waals surface area contributed by atoms with Gasteiger partial charge in [0.05, 0.1) is 11.9 Å². The van der Waals surface area contributed by atoms with Crippen LogP contribution in [0.15, 0.2) is 42.5 Å². The first-order valence-electron chi connectivity index (χ1n) is 13.2. The first-order valence-corrected chi connectivity index (χ1v) is 15.0. The van der Waals surface area contributed by atoms with Crippen LogP contribution in [0, 0.1) is 20.8 Å². The molecule has 0 saturated carbocycles. The van der Waals surface area contributed by atoms with Gasteiger partial charge in [0.15, 0.2) is 0 Å². The number of carbonyl (C=O) groups is 2. The van der Waals surface area contributed by atoms with Gasteiger partial charge in [-0.2, -0.15) is 0 Å². The first-order chi connectivity index (χ1) is 17.5. The van der Waals surface area contributed by atoms with Crippen molar-refractivity contribution in [2.24, 2.45) is 0 Å². The number of anilines is 1. The van der Waals surface area contributed by atoms with Crippen LogP contribution >= 0.6 is 0 Å². The molecule has 0 heterocycles. The van der Waals surface area contributed by atoms with Gasteiger partial charge in [-0.15, -0.1) is 0 Å². The molecule has 0 aliphatic heterocycles. The fourth-order valence-electron chi connectivity index (χ4n) is 4.28. The number of nitrogens with one attached hydrogen (secondary N) is 1. The molecule has 204 valence electrons. The molecule has 37 heavy (non-hydrogen) atoms. The summed E-state index contributed by atoms with van der Waals surface area (Å²) in [5.74, 6) is -0.306. The third-order valence-electron chi connectivity index (χ3n) is 6.75. The summed E-state index contributed by atoms with van der Waals surface area (Å²) in [5, 5.41) is 2.98. The number of benzene rings is 2. The number of nitrogens with zero attached hydrogens (tertiary/aromatic N) is 2. The molecule has 1 atom stereocenters. The fraction of sp³-hybridized carbons (Fsp3) is 0.517. The zero-order valence-electron chi connectivity index (χ0n) is 23.2. The van der Waals surface area contributed by atoms with Gasteiger partial charge < -0.3 is 10.2 Å². The van der Waals surface area contributed by atoms with Crippen molar-refractivity contribution < 1.29 is 18.0 Å². The molecule has 0 spiro atoms. The van der Waals surface area contributed by atoms with Crippen LogP contribution in [0.1, 0.15) is 68.2 Å². The normalized spacial score (nSPS) is 12.2. The maximum atomic E-state index is 13.5. The Hall–Kier alpha value is -2.87. The van der Waals surface area contributed by atoms with E-state index in [1.165, 1.54) is 10.6 Å². The summed E-state index contributed by atoms with van der Waals surface area (Å²) in [6.07, 6.45) is 4.02. The predicted molar refractivity (Wildman–Crippen MR) is 151 cm³/mol. The second kappa shape index (κ2) is 14.2. The van der Waals surface area contributed by atoms with Crippen molar-refractivity contribution in [3.63, 3.8) is 0 Å². The third kappa shape index (κ3) is 8.88. The number of amides is 2. The molecule has 0 aliphatic rings. The number of carbonyl (C=O) groups excluding carboxylic acids is 2. The number of sulfonamides is 1. The minimum atomic E-state index is -3.52. The molecule has 2 rings (SSSR count). The lowest BCUT2D eigenvalue weighted by Gasteiger charge is -2.31. The van der Waals surface area contributed by atoms with Crippen LogP contribution < -0.4 is 9.62 Å². The van der Waals surface area contributed by atoms with Gasteiger partial charge in [0.1, 0.15) is 6.04 Å². The SMILES string of the molecule is CCCCNC(=O)C(CC)N(Cc1ccccc1C)C(=O)CCCN(c1ccc(C)c(C)c1)S(C)(=O)=O. The van der Waals surface area contributed by atoms with Crippen LogP contribution in [-0.4, -0.2) is 50.5 Å². The van der Waals surface area contributed by atoms with E-state index in [9.17, 15) is 18.0 Å². The van der Waals surface area contributed by atoms with Crippen LogP contribution in [0.5, 0.6) is 0 Å². The van der Waals surface area contributed by atoms with E-state index in [2.05, 4.69) is 12.2 Å². The summed E-state index contributed by atoms with van der Waals surface area (Å²) < 4.78 is 26.5. The predicted octanol–water partition coefficient (Wildman–Crippen LogP) is 4.88. The molecular weight excluding hydrogens is 486 g/mol. The minimum absolute atomic E-state index is 0.140. The number of unbranched alkanes of at least 4 members (excludes halogenated alkanes) is 1. The van der Waals surface area contributed by atoms with Crippen molar-refractivity contribution in [3.05, 3.63) is 64.7 Å². The highest BCUT2D eigenvalue weighted by Crippen LogP contribution is 2.23. The zero-order valence-corrected chi connectivity index (χ0v) is 24.0. The molecule has 1 unspecified atom stereocenters. The molecule has 0 fully saturated rings. The molecule has 8 heteroatoms. The monoisotopic (exact) mass is 529 g/mol. The van der Waals surface area contributed by atoms with Crippen molar-refractivity contribution in [1.29, 1.82) is 0 Å². The maximum absolute atomic E-state index is 13.5. The lowest BCUT2D eigenvalue weighted by atomic mass is 10.0. The molecule has 2 aromatic carbocycles. The number of hydrogen-bond donors (Lipinski definition) is 1. The summed E-state index contributed by atoms with van der Waals surface area (Å²) in [5.41, 5.74) is 4.73. The molecule has 0 saturated heterocycles. The number of aryl methyl sites for hydroxylation is 3. The van der Waals surface area contributed by atoms with Gasteiger partial charge in [0, 0.05) is 26.1 Å². The van der Waals surface area contributed by atoms with Crippen LogP contribution in [0.25, 0.3) is 0 Å². The average molecular weight is 530 g/mol. The Morgan fingerprint density at radius 3 is 2.24 bits per heavy atom. The zero-order chi connectivity index (χ0) is 27.6. The molecule has 0 radical (unpaired) electrons. The first kappa shape index (κ1) is 30.4. The molecule has 0 bridgehead atoms. The quantitative estimate of drug-likeness (QED) is 0.353. The van der Waals surface area contributed by atoms with E-state index in [4.69, 9.17) is 0 Å². The van der Waals surface area contributed by atoms with Crippen molar-refractivity contribution >= 4 is 27.5 Å². The van der Waals surface area contributed by atoms with Gasteiger partial charge in [-0.1, -0.05) is 50.6 Å². The summed E-state index contributed by atoms with van der Waals surface area (Å²) in [4.78, 5) is 28.2. The van der Waals surface area contributed by atoms with E-state index in [0.717, 1.165) is 35.1 Å². The minimum Gasteiger partial charge on any atom is -0.354 e. The van der Waals surface area contributed by atoms with Gasteiger partial charge >= 0.3 is 0 Å². The standard InChI is InChI=1S/C29H43N3O4S/c1-7-9-18-30-29(34)27(8-2)31(21-25-14-11-10-13-23(25)4)28(33)15-12-19-32(37(6,35)36)26-17-16-22(3)24(5)20-26/h10-11,13-14,16-17,20,27H,7-9,12,15,18-19,21H2,1-6H3,(H,30,34). The van der Waals surface area contributed by atoms with Gasteiger partial charge in [-0.3, -0.25) is 13.9 Å². The Bertz CT molecular complexity index is 1160. The molecule has 0 aliphatic carbocycles. The van der Waals surface area contributed by atoms with E-state index in [-0.39, 0.29) is 24.8 Å². The van der Waals surface area contributed by atoms with Crippen LogP contribution in [-0.2, 0) is 26.2 Å². The highest BCUT2D eigenvalue weighted by molar-refractivity contribution is 7.92. The van der Waals surface area contributed by atoms with Gasteiger partial charge in [0.25, 0.3) is 0 Å². The average Bonchev–Trinajstić information content (AvgIpc) is 2.84. The number of rotatable bonds is 14. The summed E-state index contributed by atoms with van der Waals surface area (Å²) >= 11 is 0. The largest absolute Gasteiger partial charge is 0.354 e. The molecule has 2 amide bonds. The maximum Gasteiger partial charge on any atom is 0.242 e. The smallest absolute Gasteiger partial charge is 0.242 e. The Kier molecular flexibility index (Phi) is 11.6. The second-order valence-corrected chi connectivity index (χ2v) is 11.6. The Balaban J connectivity index is 2.22. The van der Waals surface area contributed by atoms with Gasteiger partial charge in [-0.05, 0) is 74.4 Å². The molecule has 2 aromatic rings. The van der Waals surface area contributed by atoms with E-state index in [1.54, 1.807) is 11.0 Å². The lowest BCUT2D eigenvalue weighted by Crippen LogP contribution is -2.49. The second-order valence-electron chi connectivity index (χ2n) is 9.72. The van der Waals surface area contributed by atoms with E-state index < -0.39 is 16.1 Å². The summed E-state index contributed by atoms with van der Waals surface area (Å²) in [6.45, 7) is 11.0. The van der Waals surface area contributed by atoms with E-state index in [1.807, 2.05) is 64.1 Å². The van der Waals surface area contributed by atoms with Crippen LogP contribution in [0.4, 0.5) is 5.69 Å². The topological polar surface area (TPSA) is 86.8 Å². The van der Waals surface area contributed by atoms with E-state index in [0.29, 0.717) is 31.6 Å². The van der Waals surface area contributed by atoms with E-state index >= 15 is 0 Å². The summed E-state index contributed by atoms with van der Waals surface area (Å²) in [7, 11) is -3.52. The Morgan fingerprint density at radius 2 is 1.65 bits per heavy atom. The highest BCUT2D eigenvalue weighted by atomic mass is 32.2. The molecule has 1 N–H and O–H groups in total. The van der Waals surface area contributed by atoms with Gasteiger partial charge in [0.2, 0.25) is 21.8 Å². The molecular formula is C29H43N3O4S. The van der Waals surface area contributed by atoms with Crippen LogP contribution in [0.2, 0.25) is 0 Å². The Labute approximate surface area is 223 Å². The van der Waals surface area contributed by atoms with Crippen LogP contribution in [0.3, 0.4) is 0 Å². The molecule has 7 nitrogen and oxygen atoms in total. The lowest BCUT2D eigenvalue weighted by molar-refractivity contribution is -0.141. The van der Waals surface area contributed by atoms with Gasteiger partial charge in [-0.25, -0.2) is 8.42 Å².